The SMILES string of the molecule is C[N+]1(CCCC[N+]2(C)CCC(O)(c3ccc(OC(F)=C(F)F)cc3)CC2)CCC(O)(c2ccc(OC(F)=C(F)F)cc2)CC1. The maximum atomic E-state index is 13.0. The van der Waals surface area contributed by atoms with E-state index >= 15 is 0 Å². The molecule has 4 rings (SSSR count). The predicted octanol–water partition coefficient (Wildman–Crippen LogP) is 6.85. The monoisotopic (exact) mass is 630 g/mol. The Morgan fingerprint density at radius 2 is 0.886 bits per heavy atom. The number of ether oxygens (including phenoxy) is 2. The van der Waals surface area contributed by atoms with Crippen LogP contribution in [-0.4, -0.2) is 72.5 Å². The van der Waals surface area contributed by atoms with Crippen molar-refractivity contribution in [3.05, 3.63) is 83.8 Å². The highest BCUT2D eigenvalue weighted by atomic mass is 19.3. The van der Waals surface area contributed by atoms with Crippen molar-refractivity contribution in [3.63, 3.8) is 0 Å². The lowest BCUT2D eigenvalue weighted by molar-refractivity contribution is -0.923. The first-order valence-corrected chi connectivity index (χ1v) is 14.7. The smallest absolute Gasteiger partial charge is 0.344 e. The number of aliphatic hydroxyl groups is 2. The van der Waals surface area contributed by atoms with Crippen molar-refractivity contribution in [3.8, 4) is 11.5 Å². The van der Waals surface area contributed by atoms with Crippen molar-refractivity contribution in [1.82, 2.24) is 0 Å². The number of nitrogens with zero attached hydrogens (tertiary/aromatic N) is 2. The summed E-state index contributed by atoms with van der Waals surface area (Å²) in [5.41, 5.74) is -0.810. The normalized spacial score (nSPS) is 28.7. The lowest BCUT2D eigenvalue weighted by Crippen LogP contribution is -2.55. The summed E-state index contributed by atoms with van der Waals surface area (Å²) in [4.78, 5) is 0. The standard InChI is InChI=1S/C32H40F6N2O4/c1-39(19-13-31(41,14-20-39)23-5-9-25(10-6-23)43-29(37)27(33)34)17-3-4-18-40(2)21-15-32(42,16-22-40)24-7-11-26(12-8-24)44-30(38)28(35)36/h5-12,41-42H,3-4,13-22H2,1-2H3/q+2. The molecular weight excluding hydrogens is 590 g/mol. The molecule has 44 heavy (non-hydrogen) atoms. The zero-order chi connectivity index (χ0) is 32.2. The number of unbranched alkanes of at least 4 members (excludes halogenated alkanes) is 1. The van der Waals surface area contributed by atoms with Crippen LogP contribution in [0.3, 0.4) is 0 Å². The Morgan fingerprint density at radius 1 is 0.591 bits per heavy atom. The van der Waals surface area contributed by atoms with Crippen LogP contribution >= 0.6 is 0 Å². The van der Waals surface area contributed by atoms with Crippen LogP contribution in [-0.2, 0) is 11.2 Å². The zero-order valence-electron chi connectivity index (χ0n) is 25.0. The van der Waals surface area contributed by atoms with Crippen molar-refractivity contribution in [2.24, 2.45) is 0 Å². The fourth-order valence-electron chi connectivity index (χ4n) is 6.26. The van der Waals surface area contributed by atoms with Crippen molar-refractivity contribution < 1.29 is 55.0 Å². The Bertz CT molecular complexity index is 1220. The summed E-state index contributed by atoms with van der Waals surface area (Å²) in [7, 11) is 4.37. The van der Waals surface area contributed by atoms with Gasteiger partial charge >= 0.3 is 24.2 Å². The van der Waals surface area contributed by atoms with Crippen molar-refractivity contribution >= 4 is 0 Å². The van der Waals surface area contributed by atoms with E-state index < -0.39 is 35.4 Å². The van der Waals surface area contributed by atoms with Gasteiger partial charge in [-0.3, -0.25) is 0 Å². The minimum atomic E-state index is -2.53. The predicted molar refractivity (Wildman–Crippen MR) is 152 cm³/mol. The topological polar surface area (TPSA) is 58.9 Å². The highest BCUT2D eigenvalue weighted by Gasteiger charge is 2.42. The van der Waals surface area contributed by atoms with Gasteiger partial charge < -0.3 is 28.7 Å². The molecule has 2 N–H and O–H groups in total. The molecule has 2 aliphatic heterocycles. The molecular formula is C32H40F6N2O4+2. The van der Waals surface area contributed by atoms with Gasteiger partial charge in [0.15, 0.2) is 0 Å². The minimum Gasteiger partial charge on any atom is -0.428 e. The van der Waals surface area contributed by atoms with Crippen molar-refractivity contribution in [1.29, 1.82) is 0 Å². The molecule has 2 saturated heterocycles. The van der Waals surface area contributed by atoms with E-state index in [9.17, 15) is 36.6 Å². The number of rotatable bonds is 11. The molecule has 0 spiro atoms. The third kappa shape index (κ3) is 8.35. The fraction of sp³-hybridized carbons (Fsp3) is 0.500. The van der Waals surface area contributed by atoms with Gasteiger partial charge in [-0.15, -0.1) is 0 Å². The van der Waals surface area contributed by atoms with Crippen molar-refractivity contribution in [2.75, 3.05) is 53.4 Å². The molecule has 0 bridgehead atoms. The van der Waals surface area contributed by atoms with Crippen LogP contribution in [0.25, 0.3) is 0 Å². The summed E-state index contributed by atoms with van der Waals surface area (Å²) in [5.74, 6) is -0.141. The molecule has 242 valence electrons. The molecule has 0 atom stereocenters. The van der Waals surface area contributed by atoms with E-state index in [-0.39, 0.29) is 11.5 Å². The molecule has 6 nitrogen and oxygen atoms in total. The van der Waals surface area contributed by atoms with Gasteiger partial charge in [0.25, 0.3) is 0 Å². The second kappa shape index (κ2) is 13.5. The first-order chi connectivity index (χ1) is 20.6. The molecule has 0 unspecified atom stereocenters. The molecule has 0 amide bonds. The first kappa shape index (κ1) is 33.8. The van der Waals surface area contributed by atoms with Gasteiger partial charge in [0, 0.05) is 38.5 Å². The highest BCUT2D eigenvalue weighted by Crippen LogP contribution is 2.38. The van der Waals surface area contributed by atoms with E-state index in [0.29, 0.717) is 36.8 Å². The number of hydrogen-bond donors (Lipinski definition) is 2. The third-order valence-corrected chi connectivity index (χ3v) is 9.40. The van der Waals surface area contributed by atoms with Crippen molar-refractivity contribution in [2.45, 2.75) is 49.7 Å². The van der Waals surface area contributed by atoms with E-state index in [1.807, 2.05) is 0 Å². The van der Waals surface area contributed by atoms with Gasteiger partial charge in [0.2, 0.25) is 0 Å². The minimum absolute atomic E-state index is 0.0707. The maximum absolute atomic E-state index is 13.0. The summed E-state index contributed by atoms with van der Waals surface area (Å²) in [6.07, 6.45) is -0.895. The second-order valence-corrected chi connectivity index (χ2v) is 12.7. The Labute approximate surface area is 253 Å². The molecule has 2 aromatic rings. The van der Waals surface area contributed by atoms with Gasteiger partial charge in [-0.25, -0.2) is 0 Å². The summed E-state index contributed by atoms with van der Waals surface area (Å²) < 4.78 is 85.8. The van der Waals surface area contributed by atoms with Crippen LogP contribution in [0.5, 0.6) is 11.5 Å². The second-order valence-electron chi connectivity index (χ2n) is 12.7. The molecule has 0 aliphatic carbocycles. The van der Waals surface area contributed by atoms with Gasteiger partial charge in [0.1, 0.15) is 22.7 Å². The van der Waals surface area contributed by atoms with E-state index in [1.165, 1.54) is 24.3 Å². The lowest BCUT2D eigenvalue weighted by Gasteiger charge is -2.45. The van der Waals surface area contributed by atoms with E-state index in [4.69, 9.17) is 0 Å². The van der Waals surface area contributed by atoms with Gasteiger partial charge in [0.05, 0.1) is 53.4 Å². The third-order valence-electron chi connectivity index (χ3n) is 9.40. The number of quaternary nitrogens is 2. The lowest BCUT2D eigenvalue weighted by atomic mass is 9.83. The zero-order valence-corrected chi connectivity index (χ0v) is 25.0. The molecule has 2 aromatic carbocycles. The van der Waals surface area contributed by atoms with Crippen LogP contribution in [0.15, 0.2) is 72.7 Å². The quantitative estimate of drug-likeness (QED) is 0.123. The molecule has 0 saturated carbocycles. The average molecular weight is 631 g/mol. The number of benzene rings is 2. The van der Waals surface area contributed by atoms with Gasteiger partial charge in [-0.2, -0.15) is 26.3 Å². The molecule has 0 aromatic heterocycles. The average Bonchev–Trinajstić information content (AvgIpc) is 2.99. The number of piperidine rings is 2. The molecule has 12 heteroatoms. The molecule has 0 radical (unpaired) electrons. The van der Waals surface area contributed by atoms with Gasteiger partial charge in [-0.1, -0.05) is 24.3 Å². The summed E-state index contributed by atoms with van der Waals surface area (Å²) in [6.45, 7) is 5.01. The fourth-order valence-corrected chi connectivity index (χ4v) is 6.26. The molecule has 2 heterocycles. The molecule has 2 aliphatic rings. The number of halogens is 6. The Kier molecular flexibility index (Phi) is 10.4. The largest absolute Gasteiger partial charge is 0.428 e. The summed E-state index contributed by atoms with van der Waals surface area (Å²) in [6, 6.07) is 7.92. The Balaban J connectivity index is 1.21. The van der Waals surface area contributed by atoms with E-state index in [1.54, 1.807) is 24.3 Å². The summed E-state index contributed by atoms with van der Waals surface area (Å²) in [5, 5.41) is 22.6. The van der Waals surface area contributed by atoms with Gasteiger partial charge in [-0.05, 0) is 35.4 Å². The summed E-state index contributed by atoms with van der Waals surface area (Å²) >= 11 is 0. The van der Waals surface area contributed by atoms with Crippen LogP contribution in [0.4, 0.5) is 26.3 Å². The molecule has 2 fully saturated rings. The van der Waals surface area contributed by atoms with E-state index in [2.05, 4.69) is 23.6 Å². The van der Waals surface area contributed by atoms with E-state index in [0.717, 1.165) is 61.1 Å². The van der Waals surface area contributed by atoms with Crippen LogP contribution in [0.2, 0.25) is 0 Å². The number of hydrogen-bond acceptors (Lipinski definition) is 4. The van der Waals surface area contributed by atoms with Crippen LogP contribution < -0.4 is 9.47 Å². The number of likely N-dealkylation sites (tertiary alicyclic amines) is 2. The van der Waals surface area contributed by atoms with Crippen LogP contribution in [0, 0.1) is 0 Å². The van der Waals surface area contributed by atoms with Crippen LogP contribution in [0.1, 0.15) is 49.7 Å². The first-order valence-electron chi connectivity index (χ1n) is 14.7. The highest BCUT2D eigenvalue weighted by molar-refractivity contribution is 5.33. The maximum Gasteiger partial charge on any atom is 0.344 e. The Hall–Kier alpha value is -3.06. The Morgan fingerprint density at radius 3 is 1.16 bits per heavy atom.